The number of allylic oxidation sites excluding steroid dienone is 1. The van der Waals surface area contributed by atoms with E-state index in [1.165, 1.54) is 67.9 Å². The first-order valence-corrected chi connectivity index (χ1v) is 11.9. The molecule has 2 aliphatic carbocycles. The van der Waals surface area contributed by atoms with Crippen LogP contribution in [0.3, 0.4) is 0 Å². The highest BCUT2D eigenvalue weighted by Crippen LogP contribution is 2.48. The Labute approximate surface area is 173 Å². The highest BCUT2D eigenvalue weighted by atomic mass is 32.2. The number of aliphatic imine (C=N–C) groups is 1. The van der Waals surface area contributed by atoms with Gasteiger partial charge in [0.05, 0.1) is 11.2 Å². The maximum atomic E-state index is 11.2. The molecule has 0 aromatic heterocycles. The van der Waals surface area contributed by atoms with E-state index in [-0.39, 0.29) is 5.78 Å². The maximum Gasteiger partial charge on any atom is 0.165 e. The van der Waals surface area contributed by atoms with Crippen molar-refractivity contribution in [3.05, 3.63) is 35.4 Å². The number of ketones is 1. The second kappa shape index (κ2) is 8.44. The molecule has 150 valence electrons. The number of aryl methyl sites for hydroxylation is 1. The van der Waals surface area contributed by atoms with Crippen LogP contribution in [0.1, 0.15) is 76.3 Å². The van der Waals surface area contributed by atoms with E-state index in [2.05, 4.69) is 30.0 Å². The van der Waals surface area contributed by atoms with Gasteiger partial charge in [0.25, 0.3) is 0 Å². The predicted molar refractivity (Wildman–Crippen MR) is 120 cm³/mol. The number of benzene rings is 1. The van der Waals surface area contributed by atoms with Gasteiger partial charge in [-0.3, -0.25) is 4.79 Å². The Bertz CT molecular complexity index is 786. The van der Waals surface area contributed by atoms with Crippen molar-refractivity contribution < 1.29 is 4.79 Å². The Hall–Kier alpha value is -1.55. The van der Waals surface area contributed by atoms with Gasteiger partial charge in [0.1, 0.15) is 0 Å². The molecule has 1 aromatic rings. The van der Waals surface area contributed by atoms with Crippen molar-refractivity contribution in [2.24, 2.45) is 4.99 Å². The lowest BCUT2D eigenvalue weighted by Crippen LogP contribution is -2.50. The summed E-state index contributed by atoms with van der Waals surface area (Å²) in [5, 5.41) is 1.26. The Morgan fingerprint density at radius 1 is 1.25 bits per heavy atom. The van der Waals surface area contributed by atoms with E-state index >= 15 is 0 Å². The molecule has 0 N–H and O–H groups in total. The minimum atomic E-state index is 0.0822. The first-order chi connectivity index (χ1) is 13.6. The van der Waals surface area contributed by atoms with Gasteiger partial charge in [-0.25, -0.2) is 4.99 Å². The second-order valence-corrected chi connectivity index (χ2v) is 9.55. The summed E-state index contributed by atoms with van der Waals surface area (Å²) in [6.45, 7) is 3.78. The van der Waals surface area contributed by atoms with E-state index in [0.29, 0.717) is 11.6 Å². The number of rotatable bonds is 5. The molecule has 0 atom stereocenters. The van der Waals surface area contributed by atoms with Crippen LogP contribution < -0.4 is 0 Å². The van der Waals surface area contributed by atoms with Gasteiger partial charge >= 0.3 is 0 Å². The molecule has 28 heavy (non-hydrogen) atoms. The van der Waals surface area contributed by atoms with Crippen LogP contribution in [-0.2, 0) is 11.2 Å². The number of amidine groups is 1. The smallest absolute Gasteiger partial charge is 0.165 e. The van der Waals surface area contributed by atoms with Crippen LogP contribution in [0.25, 0.3) is 6.08 Å². The number of hydrogen-bond donors (Lipinski definition) is 0. The first-order valence-electron chi connectivity index (χ1n) is 10.9. The molecule has 1 aliphatic heterocycles. The number of nitrogens with zero attached hydrogens (tertiary/aromatic N) is 2. The lowest BCUT2D eigenvalue weighted by Gasteiger charge is -2.40. The fourth-order valence-corrected chi connectivity index (χ4v) is 6.64. The molecule has 1 spiro atoms. The fourth-order valence-electron chi connectivity index (χ4n) is 5.17. The molecule has 0 unspecified atom stereocenters. The molecule has 1 aromatic carbocycles. The van der Waals surface area contributed by atoms with Crippen molar-refractivity contribution in [1.82, 2.24) is 4.90 Å². The van der Waals surface area contributed by atoms with Gasteiger partial charge in [0, 0.05) is 11.8 Å². The van der Waals surface area contributed by atoms with Gasteiger partial charge in [-0.05, 0) is 68.4 Å². The molecular formula is C24H32N2OS. The van der Waals surface area contributed by atoms with E-state index in [0.717, 1.165) is 17.7 Å². The van der Waals surface area contributed by atoms with E-state index in [9.17, 15) is 4.79 Å². The molecule has 4 rings (SSSR count). The van der Waals surface area contributed by atoms with Crippen LogP contribution in [0, 0.1) is 0 Å². The van der Waals surface area contributed by atoms with Crippen LogP contribution in [-0.4, -0.2) is 33.2 Å². The van der Waals surface area contributed by atoms with Crippen LogP contribution in [0.2, 0.25) is 0 Å². The highest BCUT2D eigenvalue weighted by molar-refractivity contribution is 8.14. The largest absolute Gasteiger partial charge is 0.342 e. The maximum absolute atomic E-state index is 11.2. The van der Waals surface area contributed by atoms with Crippen molar-refractivity contribution in [2.45, 2.75) is 83.2 Å². The monoisotopic (exact) mass is 396 g/mol. The van der Waals surface area contributed by atoms with Crippen molar-refractivity contribution in [3.8, 4) is 0 Å². The molecule has 0 amide bonds. The molecule has 3 fully saturated rings. The Morgan fingerprint density at radius 3 is 2.68 bits per heavy atom. The number of hydrogen-bond acceptors (Lipinski definition) is 3. The summed E-state index contributed by atoms with van der Waals surface area (Å²) in [5.74, 6) is 1.29. The summed E-state index contributed by atoms with van der Waals surface area (Å²) < 4.78 is 0. The molecule has 3 nitrogen and oxygen atoms in total. The number of thioether (sulfide) groups is 1. The zero-order chi connectivity index (χ0) is 19.6. The van der Waals surface area contributed by atoms with E-state index in [4.69, 9.17) is 4.99 Å². The summed E-state index contributed by atoms with van der Waals surface area (Å²) in [4.78, 5) is 19.2. The lowest BCUT2D eigenvalue weighted by atomic mass is 9.95. The van der Waals surface area contributed by atoms with Crippen molar-refractivity contribution in [3.63, 3.8) is 0 Å². The number of carbonyl (C=O) groups is 1. The molecule has 3 aliphatic rings. The summed E-state index contributed by atoms with van der Waals surface area (Å²) in [6.07, 6.45) is 15.3. The average molecular weight is 397 g/mol. The zero-order valence-electron chi connectivity index (χ0n) is 17.2. The minimum Gasteiger partial charge on any atom is -0.342 e. The fraction of sp³-hybridized carbons (Fsp3) is 0.583. The molecule has 1 heterocycles. The highest BCUT2D eigenvalue weighted by Gasteiger charge is 2.49. The minimum absolute atomic E-state index is 0.0822. The first kappa shape index (κ1) is 19.8. The number of carbonyl (C=O) groups excluding carboxylic acids is 1. The molecular weight excluding hydrogens is 364 g/mol. The zero-order valence-corrected chi connectivity index (χ0v) is 18.1. The van der Waals surface area contributed by atoms with Crippen LogP contribution >= 0.6 is 11.8 Å². The second-order valence-electron chi connectivity index (χ2n) is 8.61. The van der Waals surface area contributed by atoms with Crippen LogP contribution in [0.15, 0.2) is 29.3 Å². The SMILES string of the molecule is CCc1cc(/C=C/C(C)=O)ccc1/N=C1/SCC2(CCCC2)N1C1CCCC1. The van der Waals surface area contributed by atoms with Gasteiger partial charge < -0.3 is 4.90 Å². The van der Waals surface area contributed by atoms with Crippen molar-refractivity contribution >= 4 is 34.5 Å². The topological polar surface area (TPSA) is 32.7 Å². The van der Waals surface area contributed by atoms with Gasteiger partial charge in [0.15, 0.2) is 11.0 Å². The standard InChI is InChI=1S/C24H32N2OS/c1-3-20-16-19(11-10-18(2)27)12-13-22(20)25-23-26(21-8-4-5-9-21)24(17-28-23)14-6-7-15-24/h10-13,16,21H,3-9,14-15,17H2,1-2H3/b11-10+,25-23+. The Morgan fingerprint density at radius 2 is 2.00 bits per heavy atom. The van der Waals surface area contributed by atoms with E-state index in [1.54, 1.807) is 13.0 Å². The third-order valence-corrected chi connectivity index (χ3v) is 7.85. The van der Waals surface area contributed by atoms with Gasteiger partial charge in [0.2, 0.25) is 0 Å². The molecule has 2 saturated carbocycles. The Kier molecular flexibility index (Phi) is 5.96. The molecule has 0 radical (unpaired) electrons. The molecule has 1 saturated heterocycles. The lowest BCUT2D eigenvalue weighted by molar-refractivity contribution is -0.112. The summed E-state index contributed by atoms with van der Waals surface area (Å²) in [7, 11) is 0. The van der Waals surface area contributed by atoms with Gasteiger partial charge in [-0.2, -0.15) is 0 Å². The van der Waals surface area contributed by atoms with E-state index < -0.39 is 0 Å². The molecule has 4 heteroatoms. The summed E-state index contributed by atoms with van der Waals surface area (Å²) in [6, 6.07) is 7.10. The average Bonchev–Trinajstić information content (AvgIpc) is 3.44. The van der Waals surface area contributed by atoms with E-state index in [1.807, 2.05) is 17.8 Å². The third kappa shape index (κ3) is 3.94. The molecule has 0 bridgehead atoms. The quantitative estimate of drug-likeness (QED) is 0.560. The van der Waals surface area contributed by atoms with Crippen LogP contribution in [0.5, 0.6) is 0 Å². The van der Waals surface area contributed by atoms with Gasteiger partial charge in [-0.1, -0.05) is 56.5 Å². The summed E-state index contributed by atoms with van der Waals surface area (Å²) >= 11 is 1.98. The van der Waals surface area contributed by atoms with Gasteiger partial charge in [-0.15, -0.1) is 0 Å². The summed E-state index contributed by atoms with van der Waals surface area (Å²) in [5.41, 5.74) is 3.81. The Balaban J connectivity index is 1.66. The van der Waals surface area contributed by atoms with Crippen molar-refractivity contribution in [1.29, 1.82) is 0 Å². The third-order valence-electron chi connectivity index (χ3n) is 6.62. The van der Waals surface area contributed by atoms with Crippen LogP contribution in [0.4, 0.5) is 5.69 Å². The normalized spacial score (nSPS) is 23.6. The van der Waals surface area contributed by atoms with Crippen molar-refractivity contribution in [2.75, 3.05) is 5.75 Å². The predicted octanol–water partition coefficient (Wildman–Crippen LogP) is 6.14.